The van der Waals surface area contributed by atoms with Crippen LogP contribution in [0.5, 0.6) is 0 Å². The van der Waals surface area contributed by atoms with Crippen molar-refractivity contribution in [1.82, 2.24) is 19.9 Å². The topological polar surface area (TPSA) is 62.2 Å². The van der Waals surface area contributed by atoms with Crippen LogP contribution in [0.4, 0.5) is 5.13 Å². The molecule has 0 unspecified atom stereocenters. The maximum Gasteiger partial charge on any atom is 0.274 e. The van der Waals surface area contributed by atoms with Crippen molar-refractivity contribution in [2.24, 2.45) is 0 Å². The lowest BCUT2D eigenvalue weighted by Gasteiger charge is -2.34. The Kier molecular flexibility index (Phi) is 3.63. The normalized spacial score (nSPS) is 15.1. The number of carbonyl (C=O) groups excluding carboxylic acids is 1. The molecule has 1 aliphatic heterocycles. The third-order valence-corrected chi connectivity index (χ3v) is 5.00. The first-order chi connectivity index (χ1) is 11.3. The molecule has 2 aromatic heterocycles. The predicted octanol–water partition coefficient (Wildman–Crippen LogP) is 2.05. The second-order valence-corrected chi connectivity index (χ2v) is 6.34. The monoisotopic (exact) mass is 325 g/mol. The van der Waals surface area contributed by atoms with E-state index in [0.29, 0.717) is 18.8 Å². The summed E-state index contributed by atoms with van der Waals surface area (Å²) in [4.78, 5) is 29.2. The summed E-state index contributed by atoms with van der Waals surface area (Å²) in [5.74, 6) is -0.0537. The number of hydrogen-bond acceptors (Lipinski definition) is 6. The van der Waals surface area contributed by atoms with Crippen LogP contribution in [-0.4, -0.2) is 51.9 Å². The molecular weight excluding hydrogens is 310 g/mol. The minimum atomic E-state index is -0.0537. The standard InChI is InChI=1S/C16H15N5OS/c22-15(13-11-17-5-6-18-13)20-7-9-21(10-8-20)16-19-12-3-1-2-4-14(12)23-16/h1-6,11H,7-10H2. The average molecular weight is 325 g/mol. The number of anilines is 1. The Morgan fingerprint density at radius 3 is 2.65 bits per heavy atom. The molecule has 0 saturated carbocycles. The smallest absolute Gasteiger partial charge is 0.274 e. The zero-order chi connectivity index (χ0) is 15.6. The SMILES string of the molecule is O=C(c1cnccn1)N1CCN(c2nc3ccccc3s2)CC1. The van der Waals surface area contributed by atoms with Crippen molar-refractivity contribution in [3.8, 4) is 0 Å². The highest BCUT2D eigenvalue weighted by Crippen LogP contribution is 2.29. The van der Waals surface area contributed by atoms with Gasteiger partial charge >= 0.3 is 0 Å². The number of thiazole rings is 1. The summed E-state index contributed by atoms with van der Waals surface area (Å²) in [6, 6.07) is 8.15. The molecule has 3 aromatic rings. The van der Waals surface area contributed by atoms with Gasteiger partial charge in [0.2, 0.25) is 0 Å². The average Bonchev–Trinajstić information content (AvgIpc) is 3.06. The molecule has 1 fully saturated rings. The summed E-state index contributed by atoms with van der Waals surface area (Å²) >= 11 is 1.70. The van der Waals surface area contributed by atoms with E-state index < -0.39 is 0 Å². The van der Waals surface area contributed by atoms with E-state index in [2.05, 4.69) is 25.9 Å². The van der Waals surface area contributed by atoms with E-state index in [1.165, 1.54) is 10.9 Å². The van der Waals surface area contributed by atoms with Crippen molar-refractivity contribution < 1.29 is 4.79 Å². The van der Waals surface area contributed by atoms with E-state index in [0.717, 1.165) is 23.7 Å². The fourth-order valence-corrected chi connectivity index (χ4v) is 3.68. The number of hydrogen-bond donors (Lipinski definition) is 0. The Labute approximate surface area is 137 Å². The highest BCUT2D eigenvalue weighted by Gasteiger charge is 2.24. The van der Waals surface area contributed by atoms with E-state index in [-0.39, 0.29) is 5.91 Å². The Morgan fingerprint density at radius 2 is 1.91 bits per heavy atom. The third-order valence-electron chi connectivity index (χ3n) is 3.90. The highest BCUT2D eigenvalue weighted by atomic mass is 32.1. The second-order valence-electron chi connectivity index (χ2n) is 5.33. The van der Waals surface area contributed by atoms with Gasteiger partial charge < -0.3 is 9.80 Å². The van der Waals surface area contributed by atoms with E-state index in [9.17, 15) is 4.79 Å². The molecule has 0 bridgehead atoms. The van der Waals surface area contributed by atoms with Gasteiger partial charge in [-0.15, -0.1) is 0 Å². The van der Waals surface area contributed by atoms with E-state index in [1.54, 1.807) is 23.7 Å². The molecule has 4 rings (SSSR count). The van der Waals surface area contributed by atoms with Crippen molar-refractivity contribution >= 4 is 32.6 Å². The van der Waals surface area contributed by atoms with Crippen LogP contribution in [0.1, 0.15) is 10.5 Å². The number of amides is 1. The molecule has 6 nitrogen and oxygen atoms in total. The summed E-state index contributed by atoms with van der Waals surface area (Å²) in [6.45, 7) is 2.91. The fourth-order valence-electron chi connectivity index (χ4n) is 2.67. The number of carbonyl (C=O) groups is 1. The molecule has 1 aliphatic rings. The second kappa shape index (κ2) is 5.92. The molecule has 1 saturated heterocycles. The van der Waals surface area contributed by atoms with Crippen LogP contribution < -0.4 is 4.90 Å². The molecule has 116 valence electrons. The Balaban J connectivity index is 1.45. The minimum Gasteiger partial charge on any atom is -0.345 e. The number of piperazine rings is 1. The van der Waals surface area contributed by atoms with Gasteiger partial charge in [-0.2, -0.15) is 0 Å². The lowest BCUT2D eigenvalue weighted by atomic mass is 10.3. The van der Waals surface area contributed by atoms with Crippen LogP contribution in [0.2, 0.25) is 0 Å². The Bertz CT molecular complexity index is 794. The van der Waals surface area contributed by atoms with Crippen molar-refractivity contribution in [1.29, 1.82) is 0 Å². The van der Waals surface area contributed by atoms with Gasteiger partial charge in [0, 0.05) is 38.6 Å². The molecule has 0 spiro atoms. The summed E-state index contributed by atoms with van der Waals surface area (Å²) in [7, 11) is 0. The zero-order valence-electron chi connectivity index (χ0n) is 12.4. The van der Waals surface area contributed by atoms with Crippen molar-refractivity contribution in [2.45, 2.75) is 0 Å². The van der Waals surface area contributed by atoms with Gasteiger partial charge in [-0.3, -0.25) is 9.78 Å². The fraction of sp³-hybridized carbons (Fsp3) is 0.250. The number of fused-ring (bicyclic) bond motifs is 1. The predicted molar refractivity (Wildman–Crippen MR) is 89.8 cm³/mol. The molecule has 1 amide bonds. The van der Waals surface area contributed by atoms with Crippen molar-refractivity contribution in [2.75, 3.05) is 31.1 Å². The maximum absolute atomic E-state index is 12.4. The van der Waals surface area contributed by atoms with E-state index in [1.807, 2.05) is 23.1 Å². The maximum atomic E-state index is 12.4. The first-order valence-corrected chi connectivity index (χ1v) is 8.29. The minimum absolute atomic E-state index is 0.0537. The van der Waals surface area contributed by atoms with Gasteiger partial charge in [0.25, 0.3) is 5.91 Å². The van der Waals surface area contributed by atoms with E-state index >= 15 is 0 Å². The van der Waals surface area contributed by atoms with Gasteiger partial charge in [-0.25, -0.2) is 9.97 Å². The molecule has 0 N–H and O–H groups in total. The number of para-hydroxylation sites is 1. The van der Waals surface area contributed by atoms with Gasteiger partial charge in [0.1, 0.15) is 5.69 Å². The quantitative estimate of drug-likeness (QED) is 0.721. The largest absolute Gasteiger partial charge is 0.345 e. The molecule has 1 aromatic carbocycles. The van der Waals surface area contributed by atoms with Crippen LogP contribution in [0.25, 0.3) is 10.2 Å². The van der Waals surface area contributed by atoms with Gasteiger partial charge in [-0.05, 0) is 12.1 Å². The van der Waals surface area contributed by atoms with Crippen molar-refractivity contribution in [3.63, 3.8) is 0 Å². The van der Waals surface area contributed by atoms with Gasteiger partial charge in [0.15, 0.2) is 5.13 Å². The van der Waals surface area contributed by atoms with Crippen LogP contribution in [0.15, 0.2) is 42.9 Å². The molecule has 7 heteroatoms. The first kappa shape index (κ1) is 14.1. The Morgan fingerprint density at radius 1 is 1.09 bits per heavy atom. The molecule has 0 atom stereocenters. The van der Waals surface area contributed by atoms with Gasteiger partial charge in [0.05, 0.1) is 16.4 Å². The Hall–Kier alpha value is -2.54. The number of nitrogens with zero attached hydrogens (tertiary/aromatic N) is 5. The third kappa shape index (κ3) is 2.75. The molecule has 23 heavy (non-hydrogen) atoms. The number of rotatable bonds is 2. The van der Waals surface area contributed by atoms with Crippen molar-refractivity contribution in [3.05, 3.63) is 48.5 Å². The van der Waals surface area contributed by atoms with Crippen LogP contribution in [0, 0.1) is 0 Å². The van der Waals surface area contributed by atoms with Crippen LogP contribution in [0.3, 0.4) is 0 Å². The number of aromatic nitrogens is 3. The zero-order valence-corrected chi connectivity index (χ0v) is 13.2. The molecular formula is C16H15N5OS. The lowest BCUT2D eigenvalue weighted by molar-refractivity contribution is 0.0740. The summed E-state index contributed by atoms with van der Waals surface area (Å²) < 4.78 is 1.19. The van der Waals surface area contributed by atoms with E-state index in [4.69, 9.17) is 0 Å². The van der Waals surface area contributed by atoms with Gasteiger partial charge in [-0.1, -0.05) is 23.5 Å². The van der Waals surface area contributed by atoms with Crippen LogP contribution >= 0.6 is 11.3 Å². The number of benzene rings is 1. The summed E-state index contributed by atoms with van der Waals surface area (Å²) in [5.41, 5.74) is 1.44. The molecule has 0 aliphatic carbocycles. The highest BCUT2D eigenvalue weighted by molar-refractivity contribution is 7.22. The van der Waals surface area contributed by atoms with Crippen LogP contribution in [-0.2, 0) is 0 Å². The molecule has 0 radical (unpaired) electrons. The summed E-state index contributed by atoms with van der Waals surface area (Å²) in [5, 5.41) is 1.03. The molecule has 3 heterocycles. The first-order valence-electron chi connectivity index (χ1n) is 7.47. The lowest BCUT2D eigenvalue weighted by Crippen LogP contribution is -2.49. The summed E-state index contributed by atoms with van der Waals surface area (Å²) in [6.07, 6.45) is 4.63.